The van der Waals surface area contributed by atoms with Crippen LogP contribution in [0.5, 0.6) is 0 Å². The van der Waals surface area contributed by atoms with Crippen LogP contribution < -0.4 is 0 Å². The Morgan fingerprint density at radius 1 is 1.14 bits per heavy atom. The van der Waals surface area contributed by atoms with Crippen LogP contribution in [-0.2, 0) is 24.1 Å². The summed E-state index contributed by atoms with van der Waals surface area (Å²) in [6, 6.07) is 10.9. The van der Waals surface area contributed by atoms with Crippen molar-refractivity contribution in [3.8, 4) is 0 Å². The molecule has 1 aromatic heterocycles. The lowest BCUT2D eigenvalue weighted by molar-refractivity contribution is -0.137. The van der Waals surface area contributed by atoms with Gasteiger partial charge in [0.1, 0.15) is 24.7 Å². The first-order chi connectivity index (χ1) is 13.8. The molecular weight excluding hydrogens is 386 g/mol. The Kier molecular flexibility index (Phi) is 5.31. The predicted octanol–water partition coefficient (Wildman–Crippen LogP) is 4.63. The lowest BCUT2D eigenvalue weighted by atomic mass is 10.1. The molecule has 0 aliphatic carbocycles. The summed E-state index contributed by atoms with van der Waals surface area (Å²) in [5.74, 6) is 0.638. The summed E-state index contributed by atoms with van der Waals surface area (Å²) in [4.78, 5) is 9.47. The normalized spacial score (nSPS) is 20.6. The van der Waals surface area contributed by atoms with Crippen LogP contribution in [0.4, 0.5) is 17.6 Å². The molecule has 1 aliphatic heterocycles. The number of H-pyrrole nitrogens is 1. The summed E-state index contributed by atoms with van der Waals surface area (Å²) in [7, 11) is 0. The maximum Gasteiger partial charge on any atom is 0.416 e. The van der Waals surface area contributed by atoms with Crippen molar-refractivity contribution in [1.29, 1.82) is 0 Å². The Labute approximate surface area is 165 Å². The van der Waals surface area contributed by atoms with E-state index in [1.165, 1.54) is 12.1 Å². The average Bonchev–Trinajstić information content (AvgIpc) is 3.21. The van der Waals surface area contributed by atoms with Gasteiger partial charge in [0.05, 0.1) is 16.6 Å². The summed E-state index contributed by atoms with van der Waals surface area (Å²) >= 11 is 0. The van der Waals surface area contributed by atoms with E-state index in [9.17, 15) is 17.6 Å². The monoisotopic (exact) mass is 407 g/mol. The first-order valence-corrected chi connectivity index (χ1v) is 9.37. The van der Waals surface area contributed by atoms with Gasteiger partial charge in [-0.3, -0.25) is 4.90 Å². The fraction of sp³-hybridized carbons (Fsp3) is 0.381. The number of alkyl halides is 4. The van der Waals surface area contributed by atoms with Gasteiger partial charge in [-0.2, -0.15) is 13.2 Å². The Bertz CT molecular complexity index is 984. The van der Waals surface area contributed by atoms with Crippen molar-refractivity contribution in [1.82, 2.24) is 14.9 Å². The van der Waals surface area contributed by atoms with Gasteiger partial charge in [-0.25, -0.2) is 9.37 Å². The smallest absolute Gasteiger partial charge is 0.366 e. The van der Waals surface area contributed by atoms with Crippen molar-refractivity contribution in [2.24, 2.45) is 0 Å². The van der Waals surface area contributed by atoms with E-state index < -0.39 is 24.0 Å². The van der Waals surface area contributed by atoms with Gasteiger partial charge in [-0.1, -0.05) is 18.2 Å². The topological polar surface area (TPSA) is 41.1 Å². The van der Waals surface area contributed by atoms with Crippen LogP contribution in [-0.4, -0.2) is 40.2 Å². The number of imidazole rings is 1. The van der Waals surface area contributed by atoms with E-state index in [0.29, 0.717) is 24.5 Å². The van der Waals surface area contributed by atoms with Gasteiger partial charge in [-0.05, 0) is 42.3 Å². The number of hydrogen-bond donors (Lipinski definition) is 1. The molecule has 1 N–H and O–H groups in total. The lowest BCUT2D eigenvalue weighted by Crippen LogP contribution is -2.24. The molecule has 4 nitrogen and oxygen atoms in total. The predicted molar refractivity (Wildman–Crippen MR) is 101 cm³/mol. The van der Waals surface area contributed by atoms with E-state index in [1.54, 1.807) is 0 Å². The van der Waals surface area contributed by atoms with Gasteiger partial charge in [-0.15, -0.1) is 0 Å². The van der Waals surface area contributed by atoms with E-state index in [4.69, 9.17) is 4.74 Å². The number of halogens is 4. The first-order valence-electron chi connectivity index (χ1n) is 9.37. The van der Waals surface area contributed by atoms with Crippen LogP contribution in [0, 0.1) is 6.92 Å². The fourth-order valence-corrected chi connectivity index (χ4v) is 3.58. The number of aryl methyl sites for hydroxylation is 1. The number of likely N-dealkylation sites (tertiary alicyclic amines) is 1. The molecule has 2 aromatic carbocycles. The van der Waals surface area contributed by atoms with E-state index in [2.05, 4.69) is 9.97 Å². The average molecular weight is 407 g/mol. The molecule has 154 valence electrons. The van der Waals surface area contributed by atoms with Crippen molar-refractivity contribution in [2.45, 2.75) is 38.5 Å². The molecule has 0 spiro atoms. The van der Waals surface area contributed by atoms with Crippen LogP contribution in [0.15, 0.2) is 42.5 Å². The number of nitrogens with zero attached hydrogens (tertiary/aromatic N) is 2. The largest absolute Gasteiger partial charge is 0.416 e. The fourth-order valence-electron chi connectivity index (χ4n) is 3.58. The maximum atomic E-state index is 14.4. The molecular formula is C21H21F4N3O. The number of hydrogen-bond acceptors (Lipinski definition) is 3. The number of aromatic amines is 1. The molecule has 0 radical (unpaired) electrons. The van der Waals surface area contributed by atoms with Gasteiger partial charge in [0.25, 0.3) is 0 Å². The highest BCUT2D eigenvalue weighted by Gasteiger charge is 2.34. The zero-order chi connectivity index (χ0) is 20.6. The second kappa shape index (κ2) is 7.76. The summed E-state index contributed by atoms with van der Waals surface area (Å²) in [5.41, 5.74) is 2.89. The van der Waals surface area contributed by atoms with Crippen molar-refractivity contribution in [3.63, 3.8) is 0 Å². The quantitative estimate of drug-likeness (QED) is 0.627. The van der Waals surface area contributed by atoms with Crippen molar-refractivity contribution >= 4 is 11.0 Å². The van der Waals surface area contributed by atoms with E-state index in [0.717, 1.165) is 28.7 Å². The molecule has 4 rings (SSSR count). The molecule has 3 aromatic rings. The Hall–Kier alpha value is -2.45. The number of aromatic nitrogens is 2. The third kappa shape index (κ3) is 4.59. The van der Waals surface area contributed by atoms with Gasteiger partial charge >= 0.3 is 6.18 Å². The Morgan fingerprint density at radius 3 is 2.62 bits per heavy atom. The van der Waals surface area contributed by atoms with Crippen LogP contribution in [0.25, 0.3) is 11.0 Å². The minimum Gasteiger partial charge on any atom is -0.366 e. The van der Waals surface area contributed by atoms with Crippen LogP contribution >= 0.6 is 0 Å². The zero-order valence-corrected chi connectivity index (χ0v) is 15.8. The van der Waals surface area contributed by atoms with E-state index >= 15 is 0 Å². The number of fused-ring (bicyclic) bond motifs is 1. The number of nitrogens with one attached hydrogen (secondary N) is 1. The molecule has 1 aliphatic rings. The van der Waals surface area contributed by atoms with E-state index in [1.807, 2.05) is 30.0 Å². The summed E-state index contributed by atoms with van der Waals surface area (Å²) in [6.07, 6.45) is -6.11. The minimum atomic E-state index is -4.36. The molecule has 0 saturated carbocycles. The lowest BCUT2D eigenvalue weighted by Gasteiger charge is -2.16. The highest BCUT2D eigenvalue weighted by molar-refractivity contribution is 5.75. The van der Waals surface area contributed by atoms with Crippen molar-refractivity contribution in [3.05, 3.63) is 65.0 Å². The van der Waals surface area contributed by atoms with Gasteiger partial charge in [0.2, 0.25) is 0 Å². The maximum absolute atomic E-state index is 14.4. The minimum absolute atomic E-state index is 0.174. The Morgan fingerprint density at radius 2 is 1.90 bits per heavy atom. The second-order valence-corrected chi connectivity index (χ2v) is 7.46. The molecule has 0 bridgehead atoms. The summed E-state index contributed by atoms with van der Waals surface area (Å²) in [6.45, 7) is 3.11. The first kappa shape index (κ1) is 19.8. The molecule has 2 heterocycles. The van der Waals surface area contributed by atoms with Crippen LogP contribution in [0.2, 0.25) is 0 Å². The third-order valence-electron chi connectivity index (χ3n) is 5.08. The molecule has 8 heteroatoms. The molecule has 0 amide bonds. The molecule has 2 unspecified atom stereocenters. The zero-order valence-electron chi connectivity index (χ0n) is 15.8. The van der Waals surface area contributed by atoms with E-state index in [-0.39, 0.29) is 13.2 Å². The molecule has 1 fully saturated rings. The third-order valence-corrected chi connectivity index (χ3v) is 5.08. The highest BCUT2D eigenvalue weighted by Crippen LogP contribution is 2.29. The SMILES string of the molecule is Cc1ccc2nc(COC3CN(Cc4ccc(C(F)(F)F)cc4)CC3F)[nH]c2c1. The molecule has 2 atom stereocenters. The van der Waals surface area contributed by atoms with Crippen molar-refractivity contribution in [2.75, 3.05) is 13.1 Å². The van der Waals surface area contributed by atoms with Gasteiger partial charge < -0.3 is 9.72 Å². The van der Waals surface area contributed by atoms with Crippen molar-refractivity contribution < 1.29 is 22.3 Å². The number of benzene rings is 2. The second-order valence-electron chi connectivity index (χ2n) is 7.46. The Balaban J connectivity index is 1.33. The molecule has 1 saturated heterocycles. The summed E-state index contributed by atoms with van der Waals surface area (Å²) < 4.78 is 58.1. The van der Waals surface area contributed by atoms with Crippen LogP contribution in [0.3, 0.4) is 0 Å². The highest BCUT2D eigenvalue weighted by atomic mass is 19.4. The molecule has 29 heavy (non-hydrogen) atoms. The van der Waals surface area contributed by atoms with Gasteiger partial charge in [0, 0.05) is 19.6 Å². The standard InChI is InChI=1S/C21H21F4N3O/c1-13-2-7-17-18(8-13)27-20(26-17)12-29-19-11-28(10-16(19)22)9-14-3-5-15(6-4-14)21(23,24)25/h2-8,16,19H,9-12H2,1H3,(H,26,27). The summed E-state index contributed by atoms with van der Waals surface area (Å²) in [5, 5.41) is 0. The van der Waals surface area contributed by atoms with Crippen LogP contribution in [0.1, 0.15) is 22.5 Å². The number of rotatable bonds is 5. The van der Waals surface area contributed by atoms with Gasteiger partial charge in [0.15, 0.2) is 0 Å². The number of ether oxygens (including phenoxy) is 1.